The number of amides is 1. The Balaban J connectivity index is 1.47. The van der Waals surface area contributed by atoms with Crippen molar-refractivity contribution in [3.8, 4) is 0 Å². The lowest BCUT2D eigenvalue weighted by molar-refractivity contribution is -0.135. The van der Waals surface area contributed by atoms with Crippen LogP contribution in [0, 0.1) is 5.92 Å². The zero-order valence-corrected chi connectivity index (χ0v) is 18.6. The molecule has 0 N–H and O–H groups in total. The van der Waals surface area contributed by atoms with Gasteiger partial charge in [-0.1, -0.05) is 34.5 Å². The molecule has 0 bridgehead atoms. The Morgan fingerprint density at radius 1 is 1.00 bits per heavy atom. The lowest BCUT2D eigenvalue weighted by Gasteiger charge is -2.35. The molecule has 3 aliphatic heterocycles. The van der Waals surface area contributed by atoms with Gasteiger partial charge < -0.3 is 14.4 Å². The first-order valence-corrected chi connectivity index (χ1v) is 11.7. The van der Waals surface area contributed by atoms with E-state index in [1.54, 1.807) is 0 Å². The van der Waals surface area contributed by atoms with E-state index in [1.807, 2.05) is 29.2 Å². The van der Waals surface area contributed by atoms with Gasteiger partial charge in [-0.15, -0.1) is 0 Å². The van der Waals surface area contributed by atoms with Crippen molar-refractivity contribution in [3.63, 3.8) is 0 Å². The first-order chi connectivity index (χ1) is 14.6. The fraction of sp³-hybridized carbons (Fsp3) is 0.565. The van der Waals surface area contributed by atoms with Gasteiger partial charge in [-0.3, -0.25) is 14.5 Å². The molecule has 1 aromatic carbocycles. The van der Waals surface area contributed by atoms with Crippen LogP contribution in [0.15, 0.2) is 40.1 Å². The van der Waals surface area contributed by atoms with Gasteiger partial charge in [0, 0.05) is 30.7 Å². The average Bonchev–Trinajstić information content (AvgIpc) is 3.06. The number of morpholine rings is 1. The van der Waals surface area contributed by atoms with Gasteiger partial charge in [-0.05, 0) is 37.0 Å². The Kier molecular flexibility index (Phi) is 5.69. The van der Waals surface area contributed by atoms with E-state index in [-0.39, 0.29) is 29.8 Å². The Labute approximate surface area is 185 Å². The van der Waals surface area contributed by atoms with Crippen molar-refractivity contribution < 1.29 is 19.1 Å². The summed E-state index contributed by atoms with van der Waals surface area (Å²) >= 11 is 3.49. The molecule has 30 heavy (non-hydrogen) atoms. The predicted molar refractivity (Wildman–Crippen MR) is 115 cm³/mol. The number of Topliss-reactive ketones (excluding diaryl/α,β-unsaturated/α-hetero) is 1. The molecule has 1 saturated carbocycles. The number of carbonyl (C=O) groups excluding carboxylic acids is 2. The lowest BCUT2D eigenvalue weighted by atomic mass is 9.77. The lowest BCUT2D eigenvalue weighted by Crippen LogP contribution is -2.43. The monoisotopic (exact) mass is 474 g/mol. The van der Waals surface area contributed by atoms with Gasteiger partial charge in [0.05, 0.1) is 30.7 Å². The first kappa shape index (κ1) is 20.2. The summed E-state index contributed by atoms with van der Waals surface area (Å²) in [5, 5.41) is 0. The predicted octanol–water partition coefficient (Wildman–Crippen LogP) is 3.08. The van der Waals surface area contributed by atoms with Crippen LogP contribution in [0.3, 0.4) is 0 Å². The van der Waals surface area contributed by atoms with Crippen LogP contribution in [0.2, 0.25) is 0 Å². The van der Waals surface area contributed by atoms with Crippen molar-refractivity contribution in [3.05, 3.63) is 45.6 Å². The summed E-state index contributed by atoms with van der Waals surface area (Å²) in [5.74, 6) is 0.181. The molecule has 0 aromatic heterocycles. The molecule has 3 atom stereocenters. The molecule has 2 fully saturated rings. The van der Waals surface area contributed by atoms with E-state index in [4.69, 9.17) is 9.47 Å². The molecule has 1 saturated heterocycles. The van der Waals surface area contributed by atoms with Gasteiger partial charge in [0.2, 0.25) is 0 Å². The fourth-order valence-corrected chi connectivity index (χ4v) is 5.45. The standard InChI is InChI=1S/C23H27BrN2O4/c24-16-7-5-15(6-8-16)20-19-21(27)17-3-1-2-4-18(17)30-22(19)23(28)26(20)10-9-25-11-13-29-14-12-25/h5-8,17-18,20H,1-4,9-14H2. The van der Waals surface area contributed by atoms with Gasteiger partial charge >= 0.3 is 0 Å². The van der Waals surface area contributed by atoms with Crippen LogP contribution in [0.5, 0.6) is 0 Å². The number of hydrogen-bond acceptors (Lipinski definition) is 5. The number of halogens is 1. The molecule has 7 heteroatoms. The van der Waals surface area contributed by atoms with Crippen molar-refractivity contribution >= 4 is 27.6 Å². The topological polar surface area (TPSA) is 59.1 Å². The van der Waals surface area contributed by atoms with Crippen molar-refractivity contribution in [1.29, 1.82) is 0 Å². The third kappa shape index (κ3) is 3.61. The zero-order chi connectivity index (χ0) is 20.7. The van der Waals surface area contributed by atoms with Crippen LogP contribution >= 0.6 is 15.9 Å². The Morgan fingerprint density at radius 2 is 1.73 bits per heavy atom. The maximum absolute atomic E-state index is 13.5. The third-order valence-corrected chi connectivity index (χ3v) is 7.33. The molecule has 0 spiro atoms. The molecule has 0 radical (unpaired) electrons. The number of ketones is 1. The average molecular weight is 475 g/mol. The van der Waals surface area contributed by atoms with E-state index >= 15 is 0 Å². The van der Waals surface area contributed by atoms with E-state index < -0.39 is 0 Å². The second kappa shape index (κ2) is 8.44. The van der Waals surface area contributed by atoms with Crippen LogP contribution in [0.25, 0.3) is 0 Å². The van der Waals surface area contributed by atoms with E-state index in [0.717, 1.165) is 68.6 Å². The molecule has 6 nitrogen and oxygen atoms in total. The van der Waals surface area contributed by atoms with Crippen LogP contribution < -0.4 is 0 Å². The van der Waals surface area contributed by atoms with Crippen molar-refractivity contribution in [2.45, 2.75) is 37.8 Å². The van der Waals surface area contributed by atoms with Crippen molar-refractivity contribution in [1.82, 2.24) is 9.80 Å². The number of ether oxygens (including phenoxy) is 2. The summed E-state index contributed by atoms with van der Waals surface area (Å²) in [6, 6.07) is 7.57. The minimum atomic E-state index is -0.364. The highest BCUT2D eigenvalue weighted by Gasteiger charge is 2.51. The van der Waals surface area contributed by atoms with Crippen LogP contribution in [0.1, 0.15) is 37.3 Å². The normalized spacial score (nSPS) is 29.6. The summed E-state index contributed by atoms with van der Waals surface area (Å²) in [7, 11) is 0. The third-order valence-electron chi connectivity index (χ3n) is 6.81. The quantitative estimate of drug-likeness (QED) is 0.670. The molecule has 4 aliphatic rings. The van der Waals surface area contributed by atoms with E-state index in [9.17, 15) is 9.59 Å². The van der Waals surface area contributed by atoms with Crippen molar-refractivity contribution in [2.75, 3.05) is 39.4 Å². The molecular formula is C23H27BrN2O4. The number of hydrogen-bond donors (Lipinski definition) is 0. The summed E-state index contributed by atoms with van der Waals surface area (Å²) in [4.78, 5) is 31.1. The van der Waals surface area contributed by atoms with Gasteiger partial charge in [-0.2, -0.15) is 0 Å². The highest BCUT2D eigenvalue weighted by Crippen LogP contribution is 2.46. The second-order valence-electron chi connectivity index (χ2n) is 8.56. The number of benzene rings is 1. The summed E-state index contributed by atoms with van der Waals surface area (Å²) < 4.78 is 12.6. The van der Waals surface area contributed by atoms with Crippen LogP contribution in [0.4, 0.5) is 0 Å². The molecule has 3 unspecified atom stereocenters. The molecular weight excluding hydrogens is 448 g/mol. The summed E-state index contributed by atoms with van der Waals surface area (Å²) in [5.41, 5.74) is 1.54. The van der Waals surface area contributed by atoms with Gasteiger partial charge in [-0.25, -0.2) is 0 Å². The van der Waals surface area contributed by atoms with E-state index in [2.05, 4.69) is 20.8 Å². The Bertz CT molecular complexity index is 862. The minimum Gasteiger partial charge on any atom is -0.483 e. The summed E-state index contributed by atoms with van der Waals surface area (Å²) in [6.07, 6.45) is 3.68. The fourth-order valence-electron chi connectivity index (χ4n) is 5.19. The van der Waals surface area contributed by atoms with E-state index in [0.29, 0.717) is 17.9 Å². The van der Waals surface area contributed by atoms with E-state index in [1.165, 1.54) is 0 Å². The second-order valence-corrected chi connectivity index (χ2v) is 9.48. The number of nitrogens with zero attached hydrogens (tertiary/aromatic N) is 2. The molecule has 5 rings (SSSR count). The van der Waals surface area contributed by atoms with Crippen LogP contribution in [-0.2, 0) is 19.1 Å². The Morgan fingerprint density at radius 3 is 2.50 bits per heavy atom. The van der Waals surface area contributed by atoms with Crippen LogP contribution in [-0.4, -0.2) is 67.0 Å². The zero-order valence-electron chi connectivity index (χ0n) is 17.0. The molecule has 3 heterocycles. The number of fused-ring (bicyclic) bond motifs is 1. The van der Waals surface area contributed by atoms with Gasteiger partial charge in [0.25, 0.3) is 5.91 Å². The van der Waals surface area contributed by atoms with Gasteiger partial charge in [0.15, 0.2) is 11.5 Å². The first-order valence-electron chi connectivity index (χ1n) is 10.9. The largest absolute Gasteiger partial charge is 0.483 e. The molecule has 160 valence electrons. The number of carbonyl (C=O) groups is 2. The highest BCUT2D eigenvalue weighted by molar-refractivity contribution is 9.10. The molecule has 1 amide bonds. The maximum atomic E-state index is 13.5. The Hall–Kier alpha value is -1.70. The molecule has 1 aliphatic carbocycles. The number of rotatable bonds is 4. The minimum absolute atomic E-state index is 0.109. The smallest absolute Gasteiger partial charge is 0.290 e. The maximum Gasteiger partial charge on any atom is 0.290 e. The summed E-state index contributed by atoms with van der Waals surface area (Å²) in [6.45, 7) is 4.53. The molecule has 1 aromatic rings. The van der Waals surface area contributed by atoms with Gasteiger partial charge in [0.1, 0.15) is 6.10 Å². The SMILES string of the molecule is O=C1C2=C(OC3CCCCC13)C(=O)N(CCN1CCOCC1)C2c1ccc(Br)cc1. The van der Waals surface area contributed by atoms with Crippen molar-refractivity contribution in [2.24, 2.45) is 5.92 Å². The highest BCUT2D eigenvalue weighted by atomic mass is 79.9.